The van der Waals surface area contributed by atoms with Crippen LogP contribution < -0.4 is 16.0 Å². The lowest BCUT2D eigenvalue weighted by atomic mass is 10.0. The van der Waals surface area contributed by atoms with E-state index < -0.39 is 23.5 Å². The maximum absolute atomic E-state index is 14.2. The summed E-state index contributed by atoms with van der Waals surface area (Å²) in [6.07, 6.45) is 0. The second-order valence-electron chi connectivity index (χ2n) is 14.7. The molecule has 0 radical (unpaired) electrons. The van der Waals surface area contributed by atoms with Gasteiger partial charge in [-0.25, -0.2) is 13.6 Å². The lowest BCUT2D eigenvalue weighted by Crippen LogP contribution is -2.14. The van der Waals surface area contributed by atoms with Gasteiger partial charge < -0.3 is 21.1 Å². The Labute approximate surface area is 404 Å². The maximum Gasteiger partial charge on any atom is 0.337 e. The van der Waals surface area contributed by atoms with E-state index in [2.05, 4.69) is 31.9 Å². The molecule has 8 rings (SSSR count). The fourth-order valence-electron chi connectivity index (χ4n) is 6.53. The molecule has 0 saturated heterocycles. The number of carbonyl (C=O) groups excluding carboxylic acids is 3. The van der Waals surface area contributed by atoms with Gasteiger partial charge in [0.2, 0.25) is 0 Å². The summed E-state index contributed by atoms with van der Waals surface area (Å²) in [4.78, 5) is 48.1. The molecule has 0 fully saturated rings. The zero-order valence-corrected chi connectivity index (χ0v) is 38.9. The number of aromatic carboxylic acids is 1. The molecule has 0 aromatic heterocycles. The summed E-state index contributed by atoms with van der Waals surface area (Å²) >= 11 is 15.6. The van der Waals surface area contributed by atoms with Gasteiger partial charge in [-0.05, 0) is 127 Å². The zero-order chi connectivity index (χ0) is 48.0. The molecule has 336 valence electrons. The third-order valence-corrected chi connectivity index (χ3v) is 11.2. The van der Waals surface area contributed by atoms with E-state index in [1.807, 2.05) is 62.4 Å². The van der Waals surface area contributed by atoms with Crippen molar-refractivity contribution in [1.82, 2.24) is 0 Å². The van der Waals surface area contributed by atoms with Crippen molar-refractivity contribution in [2.24, 2.45) is 0 Å². The van der Waals surface area contributed by atoms with E-state index in [9.17, 15) is 33.1 Å². The quantitative estimate of drug-likeness (QED) is 0.115. The summed E-state index contributed by atoms with van der Waals surface area (Å²) in [7, 11) is 0. The molecule has 0 spiro atoms. The van der Waals surface area contributed by atoms with Crippen LogP contribution in [0.5, 0.6) is 0 Å². The summed E-state index contributed by atoms with van der Waals surface area (Å²) < 4.78 is 29.2. The van der Waals surface area contributed by atoms with E-state index in [4.69, 9.17) is 23.2 Å². The number of carboxylic acids is 1. The number of hydrogen-bond acceptors (Lipinski definition) is 4. The summed E-state index contributed by atoms with van der Waals surface area (Å²) in [6, 6.07) is 50.6. The number of benzene rings is 8. The van der Waals surface area contributed by atoms with Gasteiger partial charge in [-0.2, -0.15) is 0 Å². The van der Waals surface area contributed by atoms with Crippen molar-refractivity contribution in [2.45, 2.75) is 13.8 Å². The second-order valence-corrected chi connectivity index (χ2v) is 16.4. The highest BCUT2D eigenvalue weighted by Crippen LogP contribution is 2.35. The van der Waals surface area contributed by atoms with Gasteiger partial charge in [0.05, 0.1) is 21.3 Å². The van der Waals surface area contributed by atoms with E-state index in [0.717, 1.165) is 21.3 Å². The van der Waals surface area contributed by atoms with Crippen molar-refractivity contribution >= 4 is 79.9 Å². The van der Waals surface area contributed by atoms with Crippen LogP contribution in [0, 0.1) is 25.5 Å². The number of carbonyl (C=O) groups is 4. The van der Waals surface area contributed by atoms with Crippen molar-refractivity contribution < 1.29 is 33.1 Å². The second kappa shape index (κ2) is 23.1. The van der Waals surface area contributed by atoms with Gasteiger partial charge in [-0.1, -0.05) is 130 Å². The summed E-state index contributed by atoms with van der Waals surface area (Å²) in [6.45, 7) is 3.85. The number of amides is 3. The van der Waals surface area contributed by atoms with Gasteiger partial charge in [-0.15, -0.1) is 0 Å². The van der Waals surface area contributed by atoms with Crippen LogP contribution >= 0.6 is 39.1 Å². The van der Waals surface area contributed by atoms with Crippen molar-refractivity contribution in [1.29, 1.82) is 0 Å². The minimum atomic E-state index is -1.21. The topological polar surface area (TPSA) is 125 Å². The monoisotopic (exact) mass is 997 g/mol. The molecule has 8 aromatic rings. The SMILES string of the molecule is Cc1ccc(-c2c(F)cccc2Cl)cc1NC(=O)c1ccccc1.Cc1ccc(Br)cc1NC(=O)c1ccccc1.O=C(Nc1cc(-c2c(F)cccc2Cl)ccc1C(=O)O)c1ccccc1. The van der Waals surface area contributed by atoms with E-state index >= 15 is 0 Å². The third kappa shape index (κ3) is 13.1. The Hall–Kier alpha value is -7.44. The molecule has 3 amide bonds. The molecule has 0 atom stereocenters. The third-order valence-electron chi connectivity index (χ3n) is 10.0. The van der Waals surface area contributed by atoms with Gasteiger partial charge in [0, 0.05) is 43.7 Å². The molecule has 4 N–H and O–H groups in total. The van der Waals surface area contributed by atoms with Crippen molar-refractivity contribution in [2.75, 3.05) is 16.0 Å². The van der Waals surface area contributed by atoms with Crippen molar-refractivity contribution in [3.05, 3.63) is 242 Å². The van der Waals surface area contributed by atoms with E-state index in [0.29, 0.717) is 44.1 Å². The number of carboxylic acid groups (broad SMARTS) is 1. The van der Waals surface area contributed by atoms with Crippen molar-refractivity contribution in [3.63, 3.8) is 0 Å². The normalized spacial score (nSPS) is 10.3. The van der Waals surface area contributed by atoms with Crippen LogP contribution in [0.2, 0.25) is 10.0 Å². The Morgan fingerprint density at radius 2 is 0.836 bits per heavy atom. The molecule has 13 heteroatoms. The average Bonchev–Trinajstić information content (AvgIpc) is 3.32. The molecule has 0 unspecified atom stereocenters. The molecule has 0 aliphatic heterocycles. The molecule has 0 saturated carbocycles. The molecular formula is C54H40BrCl2F2N3O5. The molecule has 0 bridgehead atoms. The van der Waals surface area contributed by atoms with Crippen LogP contribution in [0.4, 0.5) is 25.8 Å². The average molecular weight is 1000 g/mol. The standard InChI is InChI=1S/C20H13ClFNO3.C20H15ClFNO.C14H12BrNO/c21-15-7-4-8-16(22)18(15)13-9-10-14(20(25)26)17(11-13)23-19(24)12-5-2-1-3-6-12;1-13-10-11-15(19-16(21)8-5-9-17(19)22)12-18(13)23-20(24)14-6-3-2-4-7-14;1-10-7-8-12(15)9-13(10)16-14(17)11-5-3-2-4-6-11/h1-11H,(H,23,24)(H,25,26);2-12H,1H3,(H,23,24);2-9H,1H3,(H,16,17). The number of rotatable bonds is 9. The number of nitrogens with one attached hydrogen (secondary N) is 3. The summed E-state index contributed by atoms with van der Waals surface area (Å²) in [5.41, 5.74) is 6.37. The van der Waals surface area contributed by atoms with Gasteiger partial charge in [-0.3, -0.25) is 14.4 Å². The number of hydrogen-bond donors (Lipinski definition) is 4. The van der Waals surface area contributed by atoms with E-state index in [1.165, 1.54) is 42.5 Å². The Morgan fingerprint density at radius 1 is 0.463 bits per heavy atom. The molecule has 0 aliphatic carbocycles. The van der Waals surface area contributed by atoms with Crippen LogP contribution in [0.25, 0.3) is 22.3 Å². The lowest BCUT2D eigenvalue weighted by Gasteiger charge is -2.12. The first-order valence-electron chi connectivity index (χ1n) is 20.4. The van der Waals surface area contributed by atoms with Gasteiger partial charge in [0.1, 0.15) is 11.6 Å². The van der Waals surface area contributed by atoms with Gasteiger partial charge in [0.25, 0.3) is 17.7 Å². The number of halogens is 5. The first-order valence-corrected chi connectivity index (χ1v) is 22.0. The minimum absolute atomic E-state index is 0.0585. The summed E-state index contributed by atoms with van der Waals surface area (Å²) in [5.74, 6) is -2.92. The predicted molar refractivity (Wildman–Crippen MR) is 267 cm³/mol. The maximum atomic E-state index is 14.2. The predicted octanol–water partition coefficient (Wildman–Crippen LogP) is 14.8. The first kappa shape index (κ1) is 49.0. The van der Waals surface area contributed by atoms with E-state index in [-0.39, 0.29) is 33.7 Å². The van der Waals surface area contributed by atoms with Gasteiger partial charge >= 0.3 is 5.97 Å². The zero-order valence-electron chi connectivity index (χ0n) is 35.8. The minimum Gasteiger partial charge on any atom is -0.478 e. The van der Waals surface area contributed by atoms with Crippen molar-refractivity contribution in [3.8, 4) is 22.3 Å². The molecule has 8 aromatic carbocycles. The Bertz CT molecular complexity index is 3030. The van der Waals surface area contributed by atoms with E-state index in [1.54, 1.807) is 91.0 Å². The fourth-order valence-corrected chi connectivity index (χ4v) is 7.44. The van der Waals surface area contributed by atoms with Crippen LogP contribution in [-0.2, 0) is 0 Å². The van der Waals surface area contributed by atoms with Crippen LogP contribution in [-0.4, -0.2) is 28.8 Å². The fraction of sp³-hybridized carbons (Fsp3) is 0.0370. The smallest absolute Gasteiger partial charge is 0.337 e. The largest absolute Gasteiger partial charge is 0.478 e. The first-order chi connectivity index (χ1) is 32.2. The lowest BCUT2D eigenvalue weighted by molar-refractivity contribution is 0.0697. The Kier molecular flexibility index (Phi) is 16.9. The highest BCUT2D eigenvalue weighted by Gasteiger charge is 2.18. The molecular weight excluding hydrogens is 959 g/mol. The Balaban J connectivity index is 0.000000169. The molecule has 0 heterocycles. The van der Waals surface area contributed by atoms with Gasteiger partial charge in [0.15, 0.2) is 0 Å². The summed E-state index contributed by atoms with van der Waals surface area (Å²) in [5, 5.41) is 18.2. The van der Waals surface area contributed by atoms with Crippen LogP contribution in [0.3, 0.4) is 0 Å². The molecule has 67 heavy (non-hydrogen) atoms. The van der Waals surface area contributed by atoms with Crippen LogP contribution in [0.15, 0.2) is 186 Å². The Morgan fingerprint density at radius 3 is 1.25 bits per heavy atom. The molecule has 8 nitrogen and oxygen atoms in total. The van der Waals surface area contributed by atoms with Crippen LogP contribution in [0.1, 0.15) is 52.6 Å². The highest BCUT2D eigenvalue weighted by molar-refractivity contribution is 9.10. The molecule has 0 aliphatic rings. The number of anilines is 3. The number of aryl methyl sites for hydroxylation is 2. The highest BCUT2D eigenvalue weighted by atomic mass is 79.9.